The number of nitrogens with zero attached hydrogens (tertiary/aromatic N) is 10. The van der Waals surface area contributed by atoms with Crippen molar-refractivity contribution in [1.82, 2.24) is 71.5 Å². The Bertz CT molecular complexity index is 2260. The van der Waals surface area contributed by atoms with Crippen LogP contribution in [-0.2, 0) is 54.8 Å². The number of rotatable bonds is 24. The van der Waals surface area contributed by atoms with Crippen molar-refractivity contribution >= 4 is 35.5 Å². The van der Waals surface area contributed by atoms with Crippen LogP contribution in [0.4, 0.5) is 11.9 Å². The number of aromatic nitrogens is 8. The zero-order valence-electron chi connectivity index (χ0n) is 40.8. The van der Waals surface area contributed by atoms with Gasteiger partial charge < -0.3 is 51.2 Å². The first-order valence-corrected chi connectivity index (χ1v) is 23.8. The van der Waals surface area contributed by atoms with E-state index in [0.717, 1.165) is 36.8 Å². The number of carbonyl (C=O) groups excluding carboxylic acids is 4. The minimum atomic E-state index is -1.00. The SMILES string of the molecule is CN[C@@H](C)C(=O)N[C@H](C(=O)N1CCC[C@H]1Cn1nnnc1NCc1ccccc1)C(C)OCC#CC#CCOC(C)[C@H](NC(=O)[C@H](C)NC)C(=O)N1CCC[C@H]1Cn1nnnc1NCc1ccccc1. The van der Waals surface area contributed by atoms with Crippen molar-refractivity contribution in [3.8, 4) is 23.7 Å². The molecular formula is C48H66N16O6. The molecule has 2 saturated heterocycles. The van der Waals surface area contributed by atoms with Crippen LogP contribution >= 0.6 is 0 Å². The zero-order valence-corrected chi connectivity index (χ0v) is 40.8. The van der Waals surface area contributed by atoms with E-state index >= 15 is 0 Å². The second kappa shape index (κ2) is 26.7. The molecule has 70 heavy (non-hydrogen) atoms. The third-order valence-electron chi connectivity index (χ3n) is 12.5. The average Bonchev–Trinajstić information content (AvgIpc) is 4.23. The van der Waals surface area contributed by atoms with Crippen LogP contribution in [0.25, 0.3) is 0 Å². The van der Waals surface area contributed by atoms with Crippen LogP contribution in [0, 0.1) is 23.7 Å². The second-order valence-electron chi connectivity index (χ2n) is 17.3. The van der Waals surface area contributed by atoms with Gasteiger partial charge in [-0.2, -0.15) is 0 Å². The number of hydrogen-bond donors (Lipinski definition) is 6. The topological polar surface area (TPSA) is 253 Å². The van der Waals surface area contributed by atoms with Crippen LogP contribution in [0.1, 0.15) is 64.5 Å². The summed E-state index contributed by atoms with van der Waals surface area (Å²) in [7, 11) is 3.34. The summed E-state index contributed by atoms with van der Waals surface area (Å²) in [6.07, 6.45) is 1.52. The molecular weight excluding hydrogens is 897 g/mol. The lowest BCUT2D eigenvalue weighted by atomic mass is 10.1. The number of ether oxygens (including phenoxy) is 2. The number of carbonyl (C=O) groups is 4. The van der Waals surface area contributed by atoms with Gasteiger partial charge in [-0.05, 0) is 111 Å². The van der Waals surface area contributed by atoms with Crippen molar-refractivity contribution in [1.29, 1.82) is 0 Å². The fraction of sp³-hybridized carbons (Fsp3) is 0.542. The van der Waals surface area contributed by atoms with Gasteiger partial charge in [-0.1, -0.05) is 82.7 Å². The maximum Gasteiger partial charge on any atom is 0.248 e. The van der Waals surface area contributed by atoms with Gasteiger partial charge in [0.25, 0.3) is 0 Å². The highest BCUT2D eigenvalue weighted by molar-refractivity contribution is 5.91. The Kier molecular flexibility index (Phi) is 20.0. The number of hydrogen-bond acceptors (Lipinski definition) is 16. The summed E-state index contributed by atoms with van der Waals surface area (Å²) in [5.74, 6) is 10.9. The molecule has 2 aliphatic heterocycles. The molecule has 2 aromatic heterocycles. The van der Waals surface area contributed by atoms with Crippen LogP contribution in [0.2, 0.25) is 0 Å². The van der Waals surface area contributed by atoms with E-state index < -0.39 is 36.4 Å². The molecule has 22 nitrogen and oxygen atoms in total. The summed E-state index contributed by atoms with van der Waals surface area (Å²) in [5, 5.41) is 42.6. The van der Waals surface area contributed by atoms with Crippen LogP contribution in [0.15, 0.2) is 60.7 Å². The lowest BCUT2D eigenvalue weighted by molar-refractivity contribution is -0.141. The predicted molar refractivity (Wildman–Crippen MR) is 260 cm³/mol. The summed E-state index contributed by atoms with van der Waals surface area (Å²) in [6, 6.07) is 16.2. The highest BCUT2D eigenvalue weighted by Crippen LogP contribution is 2.24. The molecule has 4 heterocycles. The normalized spacial score (nSPS) is 18.0. The van der Waals surface area contributed by atoms with E-state index in [1.807, 2.05) is 60.7 Å². The Morgan fingerprint density at radius 2 is 1.03 bits per heavy atom. The number of nitrogens with one attached hydrogen (secondary N) is 6. The fourth-order valence-corrected chi connectivity index (χ4v) is 8.13. The van der Waals surface area contributed by atoms with E-state index in [1.165, 1.54) is 0 Å². The summed E-state index contributed by atoms with van der Waals surface area (Å²) in [5.41, 5.74) is 2.15. The third-order valence-corrected chi connectivity index (χ3v) is 12.5. The number of likely N-dealkylation sites (tertiary alicyclic amines) is 2. The first kappa shape index (κ1) is 52.4. The van der Waals surface area contributed by atoms with E-state index in [9.17, 15) is 19.2 Å². The van der Waals surface area contributed by atoms with Crippen molar-refractivity contribution in [2.75, 3.05) is 51.0 Å². The molecule has 2 aliphatic rings. The van der Waals surface area contributed by atoms with Gasteiger partial charge in [0.05, 0.1) is 49.5 Å². The Morgan fingerprint density at radius 3 is 1.41 bits per heavy atom. The van der Waals surface area contributed by atoms with Crippen molar-refractivity contribution in [3.63, 3.8) is 0 Å². The molecule has 4 aromatic rings. The minimum Gasteiger partial charge on any atom is -0.363 e. The van der Waals surface area contributed by atoms with Gasteiger partial charge in [0, 0.05) is 26.2 Å². The maximum absolute atomic E-state index is 14.3. The molecule has 0 spiro atoms. The van der Waals surface area contributed by atoms with Crippen molar-refractivity contribution in [3.05, 3.63) is 71.8 Å². The summed E-state index contributed by atoms with van der Waals surface area (Å²) in [4.78, 5) is 58.3. The molecule has 0 saturated carbocycles. The summed E-state index contributed by atoms with van der Waals surface area (Å²) >= 11 is 0. The number of likely N-dealkylation sites (N-methyl/N-ethyl adjacent to an activating group) is 2. The highest BCUT2D eigenvalue weighted by Gasteiger charge is 2.39. The van der Waals surface area contributed by atoms with E-state index in [2.05, 4.69) is 86.6 Å². The number of tetrazole rings is 2. The number of benzene rings is 2. The molecule has 374 valence electrons. The molecule has 2 unspecified atom stereocenters. The molecule has 8 atom stereocenters. The Morgan fingerprint density at radius 1 is 0.629 bits per heavy atom. The Balaban J connectivity index is 1.03. The van der Waals surface area contributed by atoms with Crippen LogP contribution < -0.4 is 31.9 Å². The van der Waals surface area contributed by atoms with Gasteiger partial charge in [-0.25, -0.2) is 9.36 Å². The van der Waals surface area contributed by atoms with E-state index in [1.54, 1.807) is 61.0 Å². The number of anilines is 2. The van der Waals surface area contributed by atoms with Crippen molar-refractivity contribution in [2.45, 2.75) is 128 Å². The second-order valence-corrected chi connectivity index (χ2v) is 17.3. The molecule has 6 rings (SSSR count). The zero-order chi connectivity index (χ0) is 49.8. The summed E-state index contributed by atoms with van der Waals surface area (Å²) < 4.78 is 15.4. The van der Waals surface area contributed by atoms with E-state index in [-0.39, 0.29) is 48.9 Å². The molecule has 22 heteroatoms. The van der Waals surface area contributed by atoms with Crippen LogP contribution in [0.5, 0.6) is 0 Å². The molecule has 0 bridgehead atoms. The fourth-order valence-electron chi connectivity index (χ4n) is 8.13. The smallest absolute Gasteiger partial charge is 0.248 e. The molecule has 2 fully saturated rings. The number of amides is 4. The minimum absolute atomic E-state index is 0.0721. The van der Waals surface area contributed by atoms with Gasteiger partial charge in [0.2, 0.25) is 35.5 Å². The standard InChI is InChI=1S/C48H66N16O6/c1-33(49-5)43(65)53-41(45(67)61-25-17-23-39(61)31-63-47(55-57-59-63)51-29-37-19-11-9-12-20-37)35(3)69-27-15-7-8-16-28-70-36(4)42(54-44(66)34(2)50-6)46(68)62-26-18-24-40(62)32-64-48(56-58-60-64)52-30-38-21-13-10-14-22-38/h9-14,19-22,33-36,39-42,49-50H,17-18,23-32H2,1-6H3,(H,53,65)(H,54,66)(H,51,55,59)(H,52,56,60)/t33-,34-,35?,36?,39-,40-,41-,42-/m0/s1. The molecule has 6 N–H and O–H groups in total. The maximum atomic E-state index is 14.3. The predicted octanol–water partition coefficient (Wildman–Crippen LogP) is 0.568. The van der Waals surface area contributed by atoms with Gasteiger partial charge in [0.15, 0.2) is 0 Å². The first-order valence-electron chi connectivity index (χ1n) is 23.8. The molecule has 2 aromatic carbocycles. The quantitative estimate of drug-likeness (QED) is 0.0525. The summed E-state index contributed by atoms with van der Waals surface area (Å²) in [6.45, 7) is 9.51. The van der Waals surface area contributed by atoms with Crippen LogP contribution in [0.3, 0.4) is 0 Å². The van der Waals surface area contributed by atoms with E-state index in [4.69, 9.17) is 9.47 Å². The Hall–Kier alpha value is -6.98. The lowest BCUT2D eigenvalue weighted by Crippen LogP contribution is -2.58. The monoisotopic (exact) mass is 963 g/mol. The largest absolute Gasteiger partial charge is 0.363 e. The lowest BCUT2D eigenvalue weighted by Gasteiger charge is -2.32. The van der Waals surface area contributed by atoms with Gasteiger partial charge in [0.1, 0.15) is 25.3 Å². The average molecular weight is 963 g/mol. The Labute approximate surface area is 409 Å². The molecule has 4 amide bonds. The van der Waals surface area contributed by atoms with E-state index in [0.29, 0.717) is 51.2 Å². The van der Waals surface area contributed by atoms with Crippen molar-refractivity contribution in [2.24, 2.45) is 0 Å². The first-order chi connectivity index (χ1) is 34.0. The molecule has 0 radical (unpaired) electrons. The van der Waals surface area contributed by atoms with Crippen molar-refractivity contribution < 1.29 is 28.7 Å². The van der Waals surface area contributed by atoms with Gasteiger partial charge in [-0.3, -0.25) is 19.2 Å². The van der Waals surface area contributed by atoms with Gasteiger partial charge in [-0.15, -0.1) is 0 Å². The third kappa shape index (κ3) is 14.8. The molecule has 0 aliphatic carbocycles. The highest BCUT2D eigenvalue weighted by atomic mass is 16.5. The van der Waals surface area contributed by atoms with Crippen LogP contribution in [-0.4, -0.2) is 163 Å². The van der Waals surface area contributed by atoms with Gasteiger partial charge >= 0.3 is 0 Å².